The van der Waals surface area contributed by atoms with E-state index >= 15 is 0 Å². The quantitative estimate of drug-likeness (QED) is 0.832. The molecule has 2 saturated carbocycles. The maximum atomic E-state index is 11.9. The standard InChI is InChI=1S/C12H15N3O3/c16-10(17)6-15-5-4-9(14-15)13-12(18)11-7-2-1-3-8(7)11/h4-5,7-8,11H,1-3,6H2,(H,16,17)(H,13,14,18). The zero-order valence-electron chi connectivity index (χ0n) is 9.87. The van der Waals surface area contributed by atoms with Crippen molar-refractivity contribution in [1.29, 1.82) is 0 Å². The predicted molar refractivity (Wildman–Crippen MR) is 62.8 cm³/mol. The van der Waals surface area contributed by atoms with Crippen LogP contribution in [-0.2, 0) is 16.1 Å². The first-order valence-electron chi connectivity index (χ1n) is 6.21. The van der Waals surface area contributed by atoms with Crippen LogP contribution in [0.2, 0.25) is 0 Å². The Morgan fingerprint density at radius 3 is 2.83 bits per heavy atom. The van der Waals surface area contributed by atoms with Crippen molar-refractivity contribution in [2.45, 2.75) is 25.8 Å². The summed E-state index contributed by atoms with van der Waals surface area (Å²) in [4.78, 5) is 22.4. The molecule has 18 heavy (non-hydrogen) atoms. The topological polar surface area (TPSA) is 84.2 Å². The zero-order chi connectivity index (χ0) is 12.7. The van der Waals surface area contributed by atoms with E-state index in [1.165, 1.54) is 11.1 Å². The lowest BCUT2D eigenvalue weighted by atomic mass is 10.1. The van der Waals surface area contributed by atoms with Gasteiger partial charge in [0.1, 0.15) is 6.54 Å². The van der Waals surface area contributed by atoms with Crippen LogP contribution in [0, 0.1) is 17.8 Å². The molecule has 2 aliphatic rings. The highest BCUT2D eigenvalue weighted by Gasteiger charge is 2.56. The third-order valence-corrected chi connectivity index (χ3v) is 3.90. The molecule has 0 saturated heterocycles. The van der Waals surface area contributed by atoms with E-state index in [0.29, 0.717) is 17.7 Å². The minimum Gasteiger partial charge on any atom is -0.480 e. The number of carboxylic acids is 1. The van der Waals surface area contributed by atoms with Crippen molar-refractivity contribution in [3.05, 3.63) is 12.3 Å². The Hall–Kier alpha value is -1.85. The lowest BCUT2D eigenvalue weighted by molar-refractivity contribution is -0.137. The first kappa shape index (κ1) is 11.3. The summed E-state index contributed by atoms with van der Waals surface area (Å²) in [6, 6.07) is 1.62. The highest BCUT2D eigenvalue weighted by molar-refractivity contribution is 5.94. The van der Waals surface area contributed by atoms with Crippen molar-refractivity contribution in [2.75, 3.05) is 5.32 Å². The molecule has 0 aromatic carbocycles. The van der Waals surface area contributed by atoms with E-state index < -0.39 is 5.97 Å². The number of aromatic nitrogens is 2. The molecule has 2 atom stereocenters. The van der Waals surface area contributed by atoms with Gasteiger partial charge in [-0.05, 0) is 24.7 Å². The van der Waals surface area contributed by atoms with Gasteiger partial charge in [0.2, 0.25) is 5.91 Å². The van der Waals surface area contributed by atoms with Crippen molar-refractivity contribution < 1.29 is 14.7 Å². The molecule has 1 aromatic heterocycles. The van der Waals surface area contributed by atoms with Crippen molar-refractivity contribution >= 4 is 17.7 Å². The molecule has 0 aliphatic heterocycles. The molecule has 6 nitrogen and oxygen atoms in total. The molecule has 0 radical (unpaired) electrons. The monoisotopic (exact) mass is 249 g/mol. The fourth-order valence-corrected chi connectivity index (χ4v) is 3.07. The Bertz CT molecular complexity index is 487. The molecule has 1 amide bonds. The van der Waals surface area contributed by atoms with Gasteiger partial charge in [0.15, 0.2) is 5.82 Å². The maximum Gasteiger partial charge on any atom is 0.325 e. The van der Waals surface area contributed by atoms with Crippen LogP contribution in [0.15, 0.2) is 12.3 Å². The molecule has 2 fully saturated rings. The molecule has 1 aromatic rings. The third kappa shape index (κ3) is 1.98. The van der Waals surface area contributed by atoms with Gasteiger partial charge in [-0.25, -0.2) is 0 Å². The van der Waals surface area contributed by atoms with E-state index in [1.807, 2.05) is 0 Å². The molecule has 0 spiro atoms. The number of nitrogens with one attached hydrogen (secondary N) is 1. The van der Waals surface area contributed by atoms with E-state index in [1.54, 1.807) is 12.3 Å². The Kier molecular flexibility index (Phi) is 2.57. The van der Waals surface area contributed by atoms with Crippen molar-refractivity contribution in [2.24, 2.45) is 17.8 Å². The number of aliphatic carboxylic acids is 1. The minimum atomic E-state index is -0.951. The van der Waals surface area contributed by atoms with Gasteiger partial charge in [-0.15, -0.1) is 0 Å². The average molecular weight is 249 g/mol. The Labute approximate surface area is 104 Å². The lowest BCUT2D eigenvalue weighted by Crippen LogP contribution is -2.17. The summed E-state index contributed by atoms with van der Waals surface area (Å²) in [6.07, 6.45) is 5.12. The van der Waals surface area contributed by atoms with Gasteiger partial charge in [-0.3, -0.25) is 14.3 Å². The Balaban J connectivity index is 1.58. The van der Waals surface area contributed by atoms with Crippen LogP contribution >= 0.6 is 0 Å². The van der Waals surface area contributed by atoms with Crippen LogP contribution in [-0.4, -0.2) is 26.8 Å². The van der Waals surface area contributed by atoms with E-state index in [9.17, 15) is 9.59 Å². The summed E-state index contributed by atoms with van der Waals surface area (Å²) >= 11 is 0. The number of hydrogen-bond acceptors (Lipinski definition) is 3. The highest BCUT2D eigenvalue weighted by Crippen LogP contribution is 2.57. The van der Waals surface area contributed by atoms with Gasteiger partial charge < -0.3 is 10.4 Å². The molecular formula is C12H15N3O3. The van der Waals surface area contributed by atoms with E-state index in [-0.39, 0.29) is 18.4 Å². The fourth-order valence-electron chi connectivity index (χ4n) is 3.07. The minimum absolute atomic E-state index is 0.0327. The van der Waals surface area contributed by atoms with Crippen LogP contribution in [0.25, 0.3) is 0 Å². The Morgan fingerprint density at radius 1 is 1.44 bits per heavy atom. The van der Waals surface area contributed by atoms with Crippen molar-refractivity contribution in [1.82, 2.24) is 9.78 Å². The summed E-state index contributed by atoms with van der Waals surface area (Å²) < 4.78 is 1.30. The van der Waals surface area contributed by atoms with E-state index in [0.717, 1.165) is 12.8 Å². The van der Waals surface area contributed by atoms with Gasteiger partial charge in [0, 0.05) is 18.2 Å². The molecule has 0 bridgehead atoms. The van der Waals surface area contributed by atoms with E-state index in [4.69, 9.17) is 5.11 Å². The van der Waals surface area contributed by atoms with Gasteiger partial charge >= 0.3 is 5.97 Å². The molecule has 1 heterocycles. The summed E-state index contributed by atoms with van der Waals surface area (Å²) in [5, 5.41) is 15.4. The van der Waals surface area contributed by atoms with Crippen LogP contribution in [0.3, 0.4) is 0 Å². The summed E-state index contributed by atoms with van der Waals surface area (Å²) in [7, 11) is 0. The number of fused-ring (bicyclic) bond motifs is 1. The second-order valence-corrected chi connectivity index (χ2v) is 5.07. The molecule has 2 unspecified atom stereocenters. The fraction of sp³-hybridized carbons (Fsp3) is 0.583. The largest absolute Gasteiger partial charge is 0.480 e. The van der Waals surface area contributed by atoms with E-state index in [2.05, 4.69) is 10.4 Å². The van der Waals surface area contributed by atoms with Crippen molar-refractivity contribution in [3.63, 3.8) is 0 Å². The zero-order valence-corrected chi connectivity index (χ0v) is 9.87. The smallest absolute Gasteiger partial charge is 0.325 e. The number of carbonyl (C=O) groups excluding carboxylic acids is 1. The summed E-state index contributed by atoms with van der Waals surface area (Å²) in [5.41, 5.74) is 0. The summed E-state index contributed by atoms with van der Waals surface area (Å²) in [5.74, 6) is 0.824. The van der Waals surface area contributed by atoms with Gasteiger partial charge in [0.25, 0.3) is 0 Å². The van der Waals surface area contributed by atoms with Crippen LogP contribution < -0.4 is 5.32 Å². The number of nitrogens with zero attached hydrogens (tertiary/aromatic N) is 2. The van der Waals surface area contributed by atoms with Crippen molar-refractivity contribution in [3.8, 4) is 0 Å². The summed E-state index contributed by atoms with van der Waals surface area (Å²) in [6.45, 7) is -0.190. The van der Waals surface area contributed by atoms with Gasteiger partial charge in [-0.2, -0.15) is 5.10 Å². The maximum absolute atomic E-state index is 11.9. The first-order chi connectivity index (χ1) is 8.65. The molecule has 2 N–H and O–H groups in total. The number of carboxylic acid groups (broad SMARTS) is 1. The predicted octanol–water partition coefficient (Wildman–Crippen LogP) is 0.952. The number of amides is 1. The molecular weight excluding hydrogens is 234 g/mol. The SMILES string of the molecule is O=C(O)Cn1ccc(NC(=O)C2C3CCCC32)n1. The highest BCUT2D eigenvalue weighted by atomic mass is 16.4. The van der Waals surface area contributed by atoms with Crippen LogP contribution in [0.5, 0.6) is 0 Å². The first-order valence-corrected chi connectivity index (χ1v) is 6.21. The third-order valence-electron chi connectivity index (χ3n) is 3.90. The average Bonchev–Trinajstić information content (AvgIpc) is 2.66. The van der Waals surface area contributed by atoms with Crippen LogP contribution in [0.1, 0.15) is 19.3 Å². The Morgan fingerprint density at radius 2 is 2.17 bits per heavy atom. The number of hydrogen-bond donors (Lipinski definition) is 2. The second kappa shape index (κ2) is 4.12. The number of rotatable bonds is 4. The van der Waals surface area contributed by atoms with Gasteiger partial charge in [-0.1, -0.05) is 6.42 Å². The molecule has 3 rings (SSSR count). The number of carbonyl (C=O) groups is 2. The second-order valence-electron chi connectivity index (χ2n) is 5.07. The molecule has 96 valence electrons. The number of anilines is 1. The molecule has 6 heteroatoms. The lowest BCUT2D eigenvalue weighted by Gasteiger charge is -2.03. The van der Waals surface area contributed by atoms with Gasteiger partial charge in [0.05, 0.1) is 0 Å². The molecule has 2 aliphatic carbocycles. The van der Waals surface area contributed by atoms with Crippen LogP contribution in [0.4, 0.5) is 5.82 Å². The normalized spacial score (nSPS) is 28.8.